The van der Waals surface area contributed by atoms with E-state index in [1.807, 2.05) is 0 Å². The fraction of sp³-hybridized carbons (Fsp3) is 0.385. The van der Waals surface area contributed by atoms with Crippen molar-refractivity contribution in [2.75, 3.05) is 18.9 Å². The summed E-state index contributed by atoms with van der Waals surface area (Å²) in [6, 6.07) is 2.46. The van der Waals surface area contributed by atoms with Crippen LogP contribution >= 0.6 is 11.3 Å². The molecule has 2 amide bonds. The Morgan fingerprint density at radius 3 is 2.60 bits per heavy atom. The van der Waals surface area contributed by atoms with E-state index in [9.17, 15) is 27.9 Å². The summed E-state index contributed by atoms with van der Waals surface area (Å²) in [4.78, 5) is 46.7. The fourth-order valence-electron chi connectivity index (χ4n) is 4.53. The average molecular weight is 714 g/mol. The van der Waals surface area contributed by atoms with E-state index < -0.39 is 64.0 Å². The molecule has 1 fully saturated rings. The molecule has 48 heavy (non-hydrogen) atoms. The van der Waals surface area contributed by atoms with Gasteiger partial charge in [-0.3, -0.25) is 19.6 Å². The van der Waals surface area contributed by atoms with Crippen LogP contribution in [0.3, 0.4) is 0 Å². The molecule has 1 aromatic carbocycles. The first-order chi connectivity index (χ1) is 22.4. The van der Waals surface area contributed by atoms with E-state index in [0.717, 1.165) is 17.4 Å². The molecule has 0 aliphatic carbocycles. The molecule has 19 nitrogen and oxygen atoms in total. The van der Waals surface area contributed by atoms with Crippen molar-refractivity contribution < 1.29 is 50.7 Å². The maximum Gasteiger partial charge on any atom is 0.418 e. The molecule has 3 heterocycles. The van der Waals surface area contributed by atoms with Crippen molar-refractivity contribution in [1.29, 1.82) is 5.41 Å². The molecule has 3 aromatic rings. The number of hydrogen-bond donors (Lipinski definition) is 6. The molecule has 2 atom stereocenters. The number of nitrogens with zero attached hydrogens (tertiary/aromatic N) is 5. The minimum atomic E-state index is -5.05. The van der Waals surface area contributed by atoms with Crippen LogP contribution < -0.4 is 27.1 Å². The van der Waals surface area contributed by atoms with Crippen molar-refractivity contribution in [2.45, 2.75) is 44.5 Å². The number of halogens is 1. The van der Waals surface area contributed by atoms with Gasteiger partial charge in [0.2, 0.25) is 5.62 Å². The number of carbonyl (C=O) groups is 3. The zero-order valence-corrected chi connectivity index (χ0v) is 27.2. The van der Waals surface area contributed by atoms with Crippen LogP contribution in [0.15, 0.2) is 34.9 Å². The van der Waals surface area contributed by atoms with E-state index >= 15 is 4.39 Å². The lowest BCUT2D eigenvalue weighted by Gasteiger charge is -2.50. The number of β-lactam (4-membered cyclic amide) rings is 1. The van der Waals surface area contributed by atoms with Gasteiger partial charge in [-0.25, -0.2) is 14.2 Å². The summed E-state index contributed by atoms with van der Waals surface area (Å²) < 4.78 is 59.1. The van der Waals surface area contributed by atoms with Crippen molar-refractivity contribution in [3.05, 3.63) is 46.9 Å². The van der Waals surface area contributed by atoms with Crippen LogP contribution in [0, 0.1) is 11.2 Å². The summed E-state index contributed by atoms with van der Waals surface area (Å²) in [5.74, 6) is -4.44. The molecule has 0 bridgehead atoms. The quantitative estimate of drug-likeness (QED) is 0.0506. The summed E-state index contributed by atoms with van der Waals surface area (Å²) in [6.45, 7) is 2.87. The highest BCUT2D eigenvalue weighted by Gasteiger charge is 2.58. The third kappa shape index (κ3) is 7.79. The summed E-state index contributed by atoms with van der Waals surface area (Å²) in [6.07, 6.45) is 0.424. The summed E-state index contributed by atoms with van der Waals surface area (Å²) in [5.41, 5.74) is 9.75. The normalized spacial score (nSPS) is 16.7. The number of amides is 2. The number of aromatic nitrogens is 3. The SMILES string of the molecule is Cn1c(-c2ccc(OCC(ON=C(C(=O)NC3C(=O)N(OS(=O)(=O)O)C3(C)C)c3csc(N)n3)C(=O)O)cc2F)cn(CCCN)c1=N. The molecule has 0 radical (unpaired) electrons. The monoisotopic (exact) mass is 713 g/mol. The summed E-state index contributed by atoms with van der Waals surface area (Å²) >= 11 is 0.917. The Labute approximate surface area is 275 Å². The fourth-order valence-corrected chi connectivity index (χ4v) is 5.53. The van der Waals surface area contributed by atoms with Crippen molar-refractivity contribution in [3.63, 3.8) is 0 Å². The van der Waals surface area contributed by atoms with Crippen LogP contribution in [0.4, 0.5) is 9.52 Å². The first-order valence-corrected chi connectivity index (χ1v) is 16.1. The number of hydrogen-bond acceptors (Lipinski definition) is 14. The second kappa shape index (κ2) is 14.1. The Hall–Kier alpha value is -4.90. The standard InChI is InChI=1S/C26H32FN9O10S2/c1-26(2)20(22(38)36(26)46-48(41,42)43)32-21(37)19(16-12-47-24(29)31-16)33-45-18(23(39)40)11-44-13-5-6-14(15(27)9-13)17-10-35(8-4-7-28)25(30)34(17)3/h5-6,9-10,12,18,20,30H,4,7-8,11,28H2,1-3H3,(H2,29,31)(H,32,37)(H,39,40)(H,41,42,43). The Balaban J connectivity index is 1.49. The Bertz CT molecular complexity index is 1920. The highest BCUT2D eigenvalue weighted by molar-refractivity contribution is 7.80. The van der Waals surface area contributed by atoms with Crippen molar-refractivity contribution in [1.82, 2.24) is 24.5 Å². The number of oxime groups is 1. The number of carboxylic acid groups (broad SMARTS) is 1. The van der Waals surface area contributed by atoms with Gasteiger partial charge in [-0.15, -0.1) is 15.6 Å². The summed E-state index contributed by atoms with van der Waals surface area (Å²) in [7, 11) is -3.43. The van der Waals surface area contributed by atoms with E-state index in [-0.39, 0.29) is 27.8 Å². The lowest BCUT2D eigenvalue weighted by molar-refractivity contribution is -0.218. The molecule has 0 saturated carbocycles. The number of nitrogens with one attached hydrogen (secondary N) is 2. The second-order valence-electron chi connectivity index (χ2n) is 10.8. The topological polar surface area (TPSA) is 280 Å². The predicted octanol–water partition coefficient (Wildman–Crippen LogP) is -0.407. The molecule has 1 saturated heterocycles. The molecule has 1 aliphatic heterocycles. The highest BCUT2D eigenvalue weighted by Crippen LogP contribution is 2.33. The molecule has 22 heteroatoms. The maximum atomic E-state index is 15.2. The van der Waals surface area contributed by atoms with Crippen LogP contribution in [0.2, 0.25) is 0 Å². The van der Waals surface area contributed by atoms with E-state index in [2.05, 4.69) is 19.7 Å². The Morgan fingerprint density at radius 1 is 1.33 bits per heavy atom. The van der Waals surface area contributed by atoms with Crippen LogP contribution in [0.5, 0.6) is 5.75 Å². The van der Waals surface area contributed by atoms with Crippen LogP contribution in [0.25, 0.3) is 11.3 Å². The van der Waals surface area contributed by atoms with Gasteiger partial charge in [-0.1, -0.05) is 5.16 Å². The van der Waals surface area contributed by atoms with Gasteiger partial charge < -0.3 is 40.6 Å². The van der Waals surface area contributed by atoms with Gasteiger partial charge in [0.15, 0.2) is 10.8 Å². The number of rotatable bonds is 15. The van der Waals surface area contributed by atoms with Crippen LogP contribution in [-0.4, -0.2) is 91.6 Å². The zero-order chi connectivity index (χ0) is 35.6. The van der Waals surface area contributed by atoms with Crippen LogP contribution in [-0.2, 0) is 47.5 Å². The third-order valence-corrected chi connectivity index (χ3v) is 8.11. The van der Waals surface area contributed by atoms with Crippen molar-refractivity contribution in [2.24, 2.45) is 17.9 Å². The first kappa shape index (κ1) is 35.9. The maximum absolute atomic E-state index is 15.2. The van der Waals surface area contributed by atoms with Gasteiger partial charge in [0.1, 0.15) is 29.9 Å². The summed E-state index contributed by atoms with van der Waals surface area (Å²) in [5, 5.41) is 25.6. The van der Waals surface area contributed by atoms with Gasteiger partial charge >= 0.3 is 16.4 Å². The number of aryl methyl sites for hydroxylation is 1. The number of anilines is 1. The van der Waals surface area contributed by atoms with Gasteiger partial charge in [0, 0.05) is 36.8 Å². The molecule has 2 unspecified atom stereocenters. The van der Waals surface area contributed by atoms with Gasteiger partial charge in [0.25, 0.3) is 17.9 Å². The largest absolute Gasteiger partial charge is 0.489 e. The molecular weight excluding hydrogens is 681 g/mol. The van der Waals surface area contributed by atoms with Crippen molar-refractivity contribution >= 4 is 50.4 Å². The molecule has 260 valence electrons. The van der Waals surface area contributed by atoms with Gasteiger partial charge in [-0.05, 0) is 38.9 Å². The van der Waals surface area contributed by atoms with E-state index in [4.69, 9.17) is 31.0 Å². The van der Waals surface area contributed by atoms with E-state index in [1.54, 1.807) is 17.8 Å². The molecule has 1 aliphatic rings. The average Bonchev–Trinajstić information content (AvgIpc) is 3.56. The third-order valence-electron chi connectivity index (χ3n) is 7.10. The van der Waals surface area contributed by atoms with E-state index in [1.165, 1.54) is 35.9 Å². The second-order valence-corrected chi connectivity index (χ2v) is 12.7. The number of aliphatic carboxylic acids is 1. The lowest BCUT2D eigenvalue weighted by Crippen LogP contribution is -2.76. The molecule has 0 spiro atoms. The number of nitrogens with two attached hydrogens (primary N) is 2. The number of nitrogen functional groups attached to an aromatic ring is 1. The number of carbonyl (C=O) groups excluding carboxylic acids is 2. The predicted molar refractivity (Wildman–Crippen MR) is 165 cm³/mol. The molecule has 8 N–H and O–H groups in total. The Morgan fingerprint density at radius 2 is 2.04 bits per heavy atom. The highest BCUT2D eigenvalue weighted by atomic mass is 32.3. The Kier molecular flexibility index (Phi) is 10.5. The number of thiazole rings is 1. The molecular formula is C26H32FN9O10S2. The lowest BCUT2D eigenvalue weighted by atomic mass is 9.84. The molecule has 2 aromatic heterocycles. The number of ether oxygens (including phenoxy) is 1. The van der Waals surface area contributed by atoms with E-state index in [0.29, 0.717) is 30.3 Å². The minimum Gasteiger partial charge on any atom is -0.489 e. The number of hydroxylamine groups is 2. The smallest absolute Gasteiger partial charge is 0.418 e. The minimum absolute atomic E-state index is 0.0153. The van der Waals surface area contributed by atoms with Crippen molar-refractivity contribution in [3.8, 4) is 17.0 Å². The van der Waals surface area contributed by atoms with Crippen LogP contribution in [0.1, 0.15) is 26.0 Å². The zero-order valence-electron chi connectivity index (χ0n) is 25.6. The number of imidazole rings is 1. The molecule has 4 rings (SSSR count). The number of carboxylic acids is 1. The van der Waals surface area contributed by atoms with Gasteiger partial charge in [0.05, 0.1) is 11.2 Å². The van der Waals surface area contributed by atoms with Gasteiger partial charge in [-0.2, -0.15) is 13.5 Å². The number of benzene rings is 1. The first-order valence-electron chi connectivity index (χ1n) is 13.9.